The molecule has 9 heteroatoms. The number of nitrogens with one attached hydrogen (secondary N) is 3. The number of carbonyl (C=O) groups excluding carboxylic acids is 3. The van der Waals surface area contributed by atoms with Crippen molar-refractivity contribution in [2.75, 3.05) is 38.2 Å². The molecule has 0 aromatic carbocycles. The molecule has 1 fully saturated rings. The molecule has 0 spiro atoms. The fourth-order valence-corrected chi connectivity index (χ4v) is 2.72. The van der Waals surface area contributed by atoms with Crippen molar-refractivity contribution in [3.8, 4) is 5.75 Å². The van der Waals surface area contributed by atoms with Crippen molar-refractivity contribution < 1.29 is 19.1 Å². The average molecular weight is 363 g/mol. The maximum absolute atomic E-state index is 12.4. The zero-order chi connectivity index (χ0) is 18.9. The lowest BCUT2D eigenvalue weighted by atomic mass is 10.1. The number of methoxy groups -OCH3 is 1. The maximum Gasteiger partial charge on any atom is 0.270 e. The van der Waals surface area contributed by atoms with E-state index >= 15 is 0 Å². The van der Waals surface area contributed by atoms with E-state index in [0.717, 1.165) is 31.9 Å². The van der Waals surface area contributed by atoms with Gasteiger partial charge in [-0.05, 0) is 13.3 Å². The third-order valence-electron chi connectivity index (χ3n) is 4.16. The molecule has 3 N–H and O–H groups in total. The van der Waals surface area contributed by atoms with E-state index < -0.39 is 0 Å². The highest BCUT2D eigenvalue weighted by Crippen LogP contribution is 2.28. The topological polar surface area (TPSA) is 113 Å². The largest absolute Gasteiger partial charge is 0.494 e. The number of ether oxygens (including phenoxy) is 1. The summed E-state index contributed by atoms with van der Waals surface area (Å²) in [6.07, 6.45) is 2.57. The quantitative estimate of drug-likeness (QED) is 0.542. The number of anilines is 1. The fraction of sp³-hybridized carbons (Fsp3) is 0.529. The summed E-state index contributed by atoms with van der Waals surface area (Å²) in [6, 6.07) is 1.39. The number of hydrogen-bond donors (Lipinski definition) is 3. The number of piperazine rings is 1. The van der Waals surface area contributed by atoms with Gasteiger partial charge in [0, 0.05) is 44.7 Å². The van der Waals surface area contributed by atoms with Gasteiger partial charge in [-0.15, -0.1) is 0 Å². The summed E-state index contributed by atoms with van der Waals surface area (Å²) in [7, 11) is 1.57. The van der Waals surface area contributed by atoms with E-state index in [1.54, 1.807) is 26.3 Å². The Hall–Kier alpha value is -2.68. The number of aromatic nitrogens is 1. The van der Waals surface area contributed by atoms with Gasteiger partial charge in [-0.3, -0.25) is 19.7 Å². The summed E-state index contributed by atoms with van der Waals surface area (Å²) in [6.45, 7) is 5.27. The Kier molecular flexibility index (Phi) is 7.34. The molecular formula is C17H25N5O4. The molecule has 0 bridgehead atoms. The predicted octanol–water partition coefficient (Wildman–Crippen LogP) is -0.329. The van der Waals surface area contributed by atoms with Crippen molar-refractivity contribution in [1.82, 2.24) is 20.9 Å². The van der Waals surface area contributed by atoms with Crippen molar-refractivity contribution in [1.29, 1.82) is 0 Å². The lowest BCUT2D eigenvalue weighted by molar-refractivity contribution is -0.125. The summed E-state index contributed by atoms with van der Waals surface area (Å²) in [5.74, 6) is -0.107. The zero-order valence-electron chi connectivity index (χ0n) is 15.1. The van der Waals surface area contributed by atoms with Crippen LogP contribution in [0.3, 0.4) is 0 Å². The molecule has 1 aromatic heterocycles. The Morgan fingerprint density at radius 2 is 2.15 bits per heavy atom. The van der Waals surface area contributed by atoms with Crippen LogP contribution in [0.1, 0.15) is 30.3 Å². The summed E-state index contributed by atoms with van der Waals surface area (Å²) >= 11 is 0. The Labute approximate surface area is 152 Å². The lowest BCUT2D eigenvalue weighted by Crippen LogP contribution is -2.43. The van der Waals surface area contributed by atoms with Gasteiger partial charge in [-0.2, -0.15) is 0 Å². The average Bonchev–Trinajstić information content (AvgIpc) is 2.66. The highest BCUT2D eigenvalue weighted by atomic mass is 16.5. The number of imide groups is 1. The minimum absolute atomic E-state index is 0.152. The van der Waals surface area contributed by atoms with Crippen molar-refractivity contribution in [3.63, 3.8) is 0 Å². The van der Waals surface area contributed by atoms with Gasteiger partial charge >= 0.3 is 0 Å². The second-order valence-corrected chi connectivity index (χ2v) is 6.08. The summed E-state index contributed by atoms with van der Waals surface area (Å²) in [4.78, 5) is 40.3. The fourth-order valence-electron chi connectivity index (χ4n) is 2.72. The SMILES string of the molecule is COc1cc(C(=O)NC(C)CCC(=O)NC=O)ncc1N1CCNCC1. The van der Waals surface area contributed by atoms with Crippen LogP contribution < -0.4 is 25.6 Å². The standard InChI is InChI=1S/C17H25N5O4/c1-12(3-4-16(24)20-11-23)21-17(25)13-9-15(26-2)14(10-19-13)22-7-5-18-6-8-22/h9-12,18H,3-8H2,1-2H3,(H,21,25)(H,20,23,24). The van der Waals surface area contributed by atoms with E-state index in [0.29, 0.717) is 18.6 Å². The molecular weight excluding hydrogens is 338 g/mol. The van der Waals surface area contributed by atoms with E-state index in [2.05, 4.69) is 25.8 Å². The van der Waals surface area contributed by atoms with Gasteiger partial charge in [0.25, 0.3) is 5.91 Å². The molecule has 0 aliphatic carbocycles. The number of amides is 3. The predicted molar refractivity (Wildman–Crippen MR) is 96.2 cm³/mol. The van der Waals surface area contributed by atoms with Crippen LogP contribution in [0.15, 0.2) is 12.3 Å². The van der Waals surface area contributed by atoms with E-state index in [4.69, 9.17) is 4.74 Å². The van der Waals surface area contributed by atoms with E-state index in [9.17, 15) is 14.4 Å². The number of pyridine rings is 1. The molecule has 1 saturated heterocycles. The summed E-state index contributed by atoms with van der Waals surface area (Å²) in [5, 5.41) is 8.15. The molecule has 2 rings (SSSR count). The van der Waals surface area contributed by atoms with Crippen LogP contribution >= 0.6 is 0 Å². The monoisotopic (exact) mass is 363 g/mol. The van der Waals surface area contributed by atoms with E-state index in [-0.39, 0.29) is 30.0 Å². The first kappa shape index (κ1) is 19.6. The van der Waals surface area contributed by atoms with Gasteiger partial charge in [0.05, 0.1) is 19.0 Å². The second kappa shape index (κ2) is 9.71. The van der Waals surface area contributed by atoms with Gasteiger partial charge in [-0.25, -0.2) is 4.98 Å². The first-order valence-corrected chi connectivity index (χ1v) is 8.58. The molecule has 9 nitrogen and oxygen atoms in total. The van der Waals surface area contributed by atoms with Crippen molar-refractivity contribution in [3.05, 3.63) is 18.0 Å². The van der Waals surface area contributed by atoms with E-state index in [1.165, 1.54) is 0 Å². The minimum atomic E-state index is -0.374. The van der Waals surface area contributed by atoms with Crippen molar-refractivity contribution >= 4 is 23.9 Å². The Bertz CT molecular complexity index is 646. The van der Waals surface area contributed by atoms with Crippen LogP contribution in [0.4, 0.5) is 5.69 Å². The molecule has 0 saturated carbocycles. The highest BCUT2D eigenvalue weighted by Gasteiger charge is 2.19. The summed E-state index contributed by atoms with van der Waals surface area (Å²) < 4.78 is 5.43. The first-order chi connectivity index (χ1) is 12.5. The summed E-state index contributed by atoms with van der Waals surface area (Å²) in [5.41, 5.74) is 1.12. The van der Waals surface area contributed by atoms with E-state index in [1.807, 2.05) is 0 Å². The van der Waals surface area contributed by atoms with Gasteiger partial charge in [0.1, 0.15) is 11.4 Å². The van der Waals surface area contributed by atoms with Gasteiger partial charge in [0.15, 0.2) is 0 Å². The number of rotatable bonds is 8. The Balaban J connectivity index is 1.97. The molecule has 26 heavy (non-hydrogen) atoms. The molecule has 1 unspecified atom stereocenters. The molecule has 1 atom stereocenters. The van der Waals surface area contributed by atoms with Crippen molar-refractivity contribution in [2.45, 2.75) is 25.8 Å². The lowest BCUT2D eigenvalue weighted by Gasteiger charge is -2.30. The molecule has 1 aromatic rings. The van der Waals surface area contributed by atoms with Crippen molar-refractivity contribution in [2.24, 2.45) is 0 Å². The first-order valence-electron chi connectivity index (χ1n) is 8.58. The minimum Gasteiger partial charge on any atom is -0.494 e. The molecule has 142 valence electrons. The van der Waals surface area contributed by atoms with Crippen LogP contribution in [0.5, 0.6) is 5.75 Å². The molecule has 1 aliphatic rings. The third-order valence-corrected chi connectivity index (χ3v) is 4.16. The van der Waals surface area contributed by atoms with Crippen LogP contribution in [0.25, 0.3) is 0 Å². The Morgan fingerprint density at radius 3 is 2.81 bits per heavy atom. The highest BCUT2D eigenvalue weighted by molar-refractivity contribution is 5.93. The van der Waals surface area contributed by atoms with Gasteiger partial charge in [-0.1, -0.05) is 0 Å². The third kappa shape index (κ3) is 5.41. The van der Waals surface area contributed by atoms with Crippen LogP contribution in [-0.2, 0) is 9.59 Å². The normalized spacial score (nSPS) is 15.1. The number of carbonyl (C=O) groups is 3. The molecule has 2 heterocycles. The van der Waals surface area contributed by atoms with Gasteiger partial charge in [0.2, 0.25) is 12.3 Å². The van der Waals surface area contributed by atoms with Crippen LogP contribution in [0.2, 0.25) is 0 Å². The van der Waals surface area contributed by atoms with Crippen LogP contribution in [-0.4, -0.2) is 62.5 Å². The number of nitrogens with zero attached hydrogens (tertiary/aromatic N) is 2. The van der Waals surface area contributed by atoms with Crippen LogP contribution in [0, 0.1) is 0 Å². The smallest absolute Gasteiger partial charge is 0.270 e. The van der Waals surface area contributed by atoms with Gasteiger partial charge < -0.3 is 20.3 Å². The molecule has 0 radical (unpaired) electrons. The number of hydrogen-bond acceptors (Lipinski definition) is 7. The zero-order valence-corrected chi connectivity index (χ0v) is 15.1. The molecule has 3 amide bonds. The molecule has 1 aliphatic heterocycles. The maximum atomic E-state index is 12.4. The Morgan fingerprint density at radius 1 is 1.42 bits per heavy atom. The second-order valence-electron chi connectivity index (χ2n) is 6.08.